The second-order valence-electron chi connectivity index (χ2n) is 6.75. The minimum atomic E-state index is -0.403. The first-order valence-electron chi connectivity index (χ1n) is 9.34. The fourth-order valence-electron chi connectivity index (χ4n) is 3.33. The summed E-state index contributed by atoms with van der Waals surface area (Å²) < 4.78 is 15.3. The summed E-state index contributed by atoms with van der Waals surface area (Å²) in [6.45, 7) is 6.73. The Labute approximate surface area is 182 Å². The molecule has 0 unspecified atom stereocenters. The Morgan fingerprint density at radius 2 is 1.93 bits per heavy atom. The quantitative estimate of drug-likeness (QED) is 0.457. The molecule has 1 aliphatic rings. The average molecular weight is 448 g/mol. The standard InChI is InChI=1S/C19H21N5O4S2/c1-10-11(2)30-17(14(10)18(25)26-3)21-19(29)20-12-4-5-13(16-15(12)22-28-23-16)24-6-8-27-9-7-24/h4-5H,6-9H2,1-3H3,(H2,20,21,29). The van der Waals surface area contributed by atoms with Gasteiger partial charge in [-0.2, -0.15) is 0 Å². The Balaban J connectivity index is 1.57. The number of carbonyl (C=O) groups is 1. The maximum atomic E-state index is 12.2. The van der Waals surface area contributed by atoms with E-state index in [1.807, 2.05) is 26.0 Å². The second kappa shape index (κ2) is 8.54. The lowest BCUT2D eigenvalue weighted by atomic mass is 10.1. The van der Waals surface area contributed by atoms with Gasteiger partial charge in [0.2, 0.25) is 0 Å². The van der Waals surface area contributed by atoms with Gasteiger partial charge in [0.25, 0.3) is 0 Å². The summed E-state index contributed by atoms with van der Waals surface area (Å²) in [6.07, 6.45) is 0. The van der Waals surface area contributed by atoms with E-state index in [0.29, 0.717) is 45.6 Å². The number of ether oxygens (including phenoxy) is 2. The molecule has 1 fully saturated rings. The first-order valence-corrected chi connectivity index (χ1v) is 10.6. The van der Waals surface area contributed by atoms with Gasteiger partial charge in [0.05, 0.1) is 37.3 Å². The van der Waals surface area contributed by atoms with E-state index in [-0.39, 0.29) is 0 Å². The molecule has 0 saturated carbocycles. The predicted octanol–water partition coefficient (Wildman–Crippen LogP) is 3.33. The van der Waals surface area contributed by atoms with Crippen LogP contribution in [0.1, 0.15) is 20.8 Å². The molecule has 3 heterocycles. The molecule has 1 saturated heterocycles. The van der Waals surface area contributed by atoms with Crippen LogP contribution in [0, 0.1) is 13.8 Å². The predicted molar refractivity (Wildman–Crippen MR) is 120 cm³/mol. The van der Waals surface area contributed by atoms with Crippen molar-refractivity contribution in [1.82, 2.24) is 10.3 Å². The van der Waals surface area contributed by atoms with Gasteiger partial charge in [-0.3, -0.25) is 0 Å². The number of benzene rings is 1. The molecular formula is C19H21N5O4S2. The molecule has 2 aromatic heterocycles. The average Bonchev–Trinajstić information content (AvgIpc) is 3.34. The first kappa shape index (κ1) is 20.5. The molecule has 1 aliphatic heterocycles. The van der Waals surface area contributed by atoms with Crippen molar-refractivity contribution in [3.8, 4) is 0 Å². The summed E-state index contributed by atoms with van der Waals surface area (Å²) in [5, 5.41) is 15.3. The Morgan fingerprint density at radius 3 is 2.67 bits per heavy atom. The van der Waals surface area contributed by atoms with Gasteiger partial charge in [0.1, 0.15) is 5.00 Å². The number of esters is 1. The number of carbonyl (C=O) groups excluding carboxylic acids is 1. The summed E-state index contributed by atoms with van der Waals surface area (Å²) >= 11 is 6.92. The Morgan fingerprint density at radius 1 is 1.20 bits per heavy atom. The third kappa shape index (κ3) is 3.83. The molecule has 0 radical (unpaired) electrons. The largest absolute Gasteiger partial charge is 0.465 e. The van der Waals surface area contributed by atoms with Gasteiger partial charge in [-0.25, -0.2) is 9.42 Å². The van der Waals surface area contributed by atoms with Crippen LogP contribution < -0.4 is 15.5 Å². The zero-order chi connectivity index (χ0) is 21.3. The molecule has 9 nitrogen and oxygen atoms in total. The third-order valence-corrected chi connectivity index (χ3v) is 6.32. The highest BCUT2D eigenvalue weighted by Gasteiger charge is 2.22. The lowest BCUT2D eigenvalue weighted by molar-refractivity contribution is 0.0601. The highest BCUT2D eigenvalue weighted by Crippen LogP contribution is 2.34. The molecular weight excluding hydrogens is 426 g/mol. The van der Waals surface area contributed by atoms with E-state index in [0.717, 1.165) is 29.2 Å². The summed E-state index contributed by atoms with van der Waals surface area (Å²) in [5.74, 6) is -0.403. The van der Waals surface area contributed by atoms with E-state index in [2.05, 4.69) is 25.8 Å². The van der Waals surface area contributed by atoms with Crippen LogP contribution in [0.5, 0.6) is 0 Å². The molecule has 2 N–H and O–H groups in total. The fourth-order valence-corrected chi connectivity index (χ4v) is 4.66. The van der Waals surface area contributed by atoms with Crippen molar-refractivity contribution in [2.45, 2.75) is 13.8 Å². The molecule has 0 atom stereocenters. The lowest BCUT2D eigenvalue weighted by Crippen LogP contribution is -2.36. The number of nitrogens with one attached hydrogen (secondary N) is 2. The Bertz CT molecular complexity index is 1100. The molecule has 4 rings (SSSR count). The number of rotatable bonds is 4. The highest BCUT2D eigenvalue weighted by atomic mass is 32.1. The molecule has 0 amide bonds. The van der Waals surface area contributed by atoms with Crippen molar-refractivity contribution < 1.29 is 18.9 Å². The van der Waals surface area contributed by atoms with Crippen LogP contribution in [0.4, 0.5) is 16.4 Å². The number of thiophene rings is 1. The topological polar surface area (TPSA) is 102 Å². The summed E-state index contributed by atoms with van der Waals surface area (Å²) in [5.41, 5.74) is 4.19. The van der Waals surface area contributed by atoms with Crippen molar-refractivity contribution in [2.24, 2.45) is 0 Å². The summed E-state index contributed by atoms with van der Waals surface area (Å²) in [6, 6.07) is 3.85. The minimum absolute atomic E-state index is 0.324. The number of hydrogen-bond donors (Lipinski definition) is 2. The molecule has 30 heavy (non-hydrogen) atoms. The molecule has 0 aliphatic carbocycles. The highest BCUT2D eigenvalue weighted by molar-refractivity contribution is 7.80. The lowest BCUT2D eigenvalue weighted by Gasteiger charge is -2.28. The van der Waals surface area contributed by atoms with Gasteiger partial charge in [0, 0.05) is 18.0 Å². The maximum Gasteiger partial charge on any atom is 0.341 e. The van der Waals surface area contributed by atoms with Gasteiger partial charge < -0.3 is 25.0 Å². The second-order valence-corrected chi connectivity index (χ2v) is 8.38. The van der Waals surface area contributed by atoms with E-state index in [4.69, 9.17) is 26.3 Å². The van der Waals surface area contributed by atoms with Crippen molar-refractivity contribution in [1.29, 1.82) is 0 Å². The monoisotopic (exact) mass is 447 g/mol. The van der Waals surface area contributed by atoms with Gasteiger partial charge in [-0.05, 0) is 54.1 Å². The number of aryl methyl sites for hydroxylation is 1. The number of hydrogen-bond acceptors (Lipinski definition) is 9. The van der Waals surface area contributed by atoms with E-state index < -0.39 is 5.97 Å². The van der Waals surface area contributed by atoms with Crippen molar-refractivity contribution in [3.05, 3.63) is 28.1 Å². The van der Waals surface area contributed by atoms with Crippen LogP contribution in [0.3, 0.4) is 0 Å². The number of nitrogens with zero attached hydrogens (tertiary/aromatic N) is 3. The summed E-state index contributed by atoms with van der Waals surface area (Å²) in [7, 11) is 1.36. The van der Waals surface area contributed by atoms with Gasteiger partial charge in [-0.1, -0.05) is 0 Å². The van der Waals surface area contributed by atoms with Crippen molar-refractivity contribution in [2.75, 3.05) is 48.9 Å². The van der Waals surface area contributed by atoms with Crippen molar-refractivity contribution >= 4 is 62.0 Å². The van der Waals surface area contributed by atoms with Crippen LogP contribution in [0.15, 0.2) is 16.8 Å². The number of thiocarbonyl (C=S) groups is 1. The van der Waals surface area contributed by atoms with Crippen LogP contribution in [0.2, 0.25) is 0 Å². The normalized spacial score (nSPS) is 14.0. The molecule has 1 aromatic carbocycles. The fraction of sp³-hybridized carbons (Fsp3) is 0.368. The number of aromatic nitrogens is 2. The molecule has 3 aromatic rings. The Hall–Kier alpha value is -2.76. The van der Waals surface area contributed by atoms with E-state index >= 15 is 0 Å². The van der Waals surface area contributed by atoms with Crippen LogP contribution in [0.25, 0.3) is 11.0 Å². The van der Waals surface area contributed by atoms with E-state index in [1.54, 1.807) is 0 Å². The Kier molecular flexibility index (Phi) is 5.84. The number of fused-ring (bicyclic) bond motifs is 1. The van der Waals surface area contributed by atoms with Gasteiger partial charge in [-0.15, -0.1) is 11.3 Å². The SMILES string of the molecule is COC(=O)c1c(NC(=S)Nc2ccc(N3CCOCC3)c3nonc23)sc(C)c1C. The number of anilines is 3. The molecule has 0 spiro atoms. The zero-order valence-corrected chi connectivity index (χ0v) is 18.4. The van der Waals surface area contributed by atoms with Gasteiger partial charge >= 0.3 is 5.97 Å². The number of morpholine rings is 1. The molecule has 158 valence electrons. The van der Waals surface area contributed by atoms with E-state index in [1.165, 1.54) is 18.4 Å². The third-order valence-electron chi connectivity index (χ3n) is 5.00. The molecule has 0 bridgehead atoms. The smallest absolute Gasteiger partial charge is 0.341 e. The van der Waals surface area contributed by atoms with Crippen LogP contribution >= 0.6 is 23.6 Å². The summed E-state index contributed by atoms with van der Waals surface area (Å²) in [4.78, 5) is 15.4. The molecule has 11 heteroatoms. The van der Waals surface area contributed by atoms with Crippen LogP contribution in [-0.2, 0) is 9.47 Å². The zero-order valence-electron chi connectivity index (χ0n) is 16.8. The van der Waals surface area contributed by atoms with Crippen molar-refractivity contribution in [3.63, 3.8) is 0 Å². The first-order chi connectivity index (χ1) is 14.5. The van der Waals surface area contributed by atoms with Gasteiger partial charge in [0.15, 0.2) is 16.1 Å². The van der Waals surface area contributed by atoms with E-state index in [9.17, 15) is 4.79 Å². The minimum Gasteiger partial charge on any atom is -0.465 e. The maximum absolute atomic E-state index is 12.2. The van der Waals surface area contributed by atoms with Crippen LogP contribution in [-0.4, -0.2) is 54.8 Å². The number of methoxy groups -OCH3 is 1.